The van der Waals surface area contributed by atoms with Crippen LogP contribution in [0.3, 0.4) is 0 Å². The maximum Gasteiger partial charge on any atom is 0.310 e. The minimum Gasteiger partial charge on any atom is -0.481 e. The fourth-order valence-electron chi connectivity index (χ4n) is 2.05. The predicted octanol–water partition coefficient (Wildman–Crippen LogP) is 1.53. The van der Waals surface area contributed by atoms with Crippen LogP contribution in [0.25, 0.3) is 0 Å². The molecule has 2 aliphatic rings. The van der Waals surface area contributed by atoms with Crippen molar-refractivity contribution in [1.29, 1.82) is 0 Å². The number of aliphatic carboxylic acids is 1. The molecule has 0 spiro atoms. The average Bonchev–Trinajstić information content (AvgIpc) is 2.75. The van der Waals surface area contributed by atoms with Crippen molar-refractivity contribution in [3.63, 3.8) is 0 Å². The lowest BCUT2D eigenvalue weighted by Gasteiger charge is -2.15. The quantitative estimate of drug-likeness (QED) is 0.797. The molecule has 1 aromatic carbocycles. The zero-order chi connectivity index (χ0) is 10.6. The van der Waals surface area contributed by atoms with Crippen LogP contribution in [0.2, 0.25) is 0 Å². The minimum absolute atomic E-state index is 0.231. The van der Waals surface area contributed by atoms with Crippen LogP contribution in [0, 0.1) is 0 Å². The lowest BCUT2D eigenvalue weighted by molar-refractivity contribution is -0.138. The summed E-state index contributed by atoms with van der Waals surface area (Å²) in [6, 6.07) is 3.74. The van der Waals surface area contributed by atoms with E-state index in [0.717, 1.165) is 17.7 Å². The van der Waals surface area contributed by atoms with Gasteiger partial charge in [-0.15, -0.1) is 0 Å². The van der Waals surface area contributed by atoms with E-state index in [1.807, 2.05) is 12.1 Å². The smallest absolute Gasteiger partial charge is 0.310 e. The van der Waals surface area contributed by atoms with Crippen molar-refractivity contribution < 1.29 is 19.4 Å². The fraction of sp³-hybridized carbons (Fsp3) is 0.364. The first-order valence-electron chi connectivity index (χ1n) is 4.88. The summed E-state index contributed by atoms with van der Waals surface area (Å²) >= 11 is 0. The number of carboxylic acid groups (broad SMARTS) is 1. The Morgan fingerprint density at radius 1 is 1.47 bits per heavy atom. The molecular weight excluding hydrogens is 196 g/mol. The highest BCUT2D eigenvalue weighted by atomic mass is 16.7. The van der Waals surface area contributed by atoms with Gasteiger partial charge in [-0.2, -0.15) is 0 Å². The van der Waals surface area contributed by atoms with Crippen molar-refractivity contribution in [1.82, 2.24) is 0 Å². The Labute approximate surface area is 86.4 Å². The molecule has 78 valence electrons. The van der Waals surface area contributed by atoms with Crippen molar-refractivity contribution >= 4 is 5.97 Å². The normalized spacial score (nSPS) is 22.1. The largest absolute Gasteiger partial charge is 0.481 e. The zero-order valence-corrected chi connectivity index (χ0v) is 8.19. The van der Waals surface area contributed by atoms with Crippen LogP contribution >= 0.6 is 0 Å². The molecule has 1 aromatic rings. The number of ether oxygens (including phenoxy) is 2. The Balaban J connectivity index is 2.12. The second-order valence-corrected chi connectivity index (χ2v) is 3.90. The molecule has 0 amide bonds. The van der Waals surface area contributed by atoms with Gasteiger partial charge >= 0.3 is 5.97 Å². The summed E-state index contributed by atoms with van der Waals surface area (Å²) in [6.07, 6.45) is 0.537. The summed E-state index contributed by atoms with van der Waals surface area (Å²) in [7, 11) is 0. The number of hydrogen-bond donors (Lipinski definition) is 1. The molecule has 3 rings (SSSR count). The van der Waals surface area contributed by atoms with E-state index in [9.17, 15) is 4.79 Å². The number of carbonyl (C=O) groups is 1. The number of hydrogen-bond acceptors (Lipinski definition) is 3. The first kappa shape index (κ1) is 8.59. The molecule has 2 aliphatic heterocycles. The van der Waals surface area contributed by atoms with Crippen LogP contribution in [-0.4, -0.2) is 17.4 Å². The Morgan fingerprint density at radius 3 is 2.87 bits per heavy atom. The van der Waals surface area contributed by atoms with E-state index < -0.39 is 11.9 Å². The van der Waals surface area contributed by atoms with Gasteiger partial charge in [0.25, 0.3) is 0 Å². The Hall–Kier alpha value is -1.71. The third-order valence-corrected chi connectivity index (χ3v) is 2.95. The van der Waals surface area contributed by atoms with E-state index in [1.54, 1.807) is 6.92 Å². The summed E-state index contributed by atoms with van der Waals surface area (Å²) in [6.45, 7) is 1.65. The molecule has 15 heavy (non-hydrogen) atoms. The molecule has 0 saturated carbocycles. The van der Waals surface area contributed by atoms with E-state index >= 15 is 0 Å². The molecule has 1 N–H and O–H groups in total. The van der Waals surface area contributed by atoms with Gasteiger partial charge in [-0.25, -0.2) is 0 Å². The standard InChI is InChI=1S/C11H10O4/c1-5(11(12)13)7-3-2-6-4-8-14-9(6)10(7)15-8/h2-3,5,8H,4H2,1H3,(H,12,13). The van der Waals surface area contributed by atoms with Gasteiger partial charge in [-0.05, 0) is 6.92 Å². The van der Waals surface area contributed by atoms with Crippen molar-refractivity contribution in [3.8, 4) is 11.5 Å². The highest BCUT2D eigenvalue weighted by Gasteiger charge is 2.38. The third kappa shape index (κ3) is 1.04. The van der Waals surface area contributed by atoms with Gasteiger partial charge in [0.1, 0.15) is 0 Å². The summed E-state index contributed by atoms with van der Waals surface area (Å²) in [5.74, 6) is -0.0462. The Kier molecular flexibility index (Phi) is 1.52. The summed E-state index contributed by atoms with van der Waals surface area (Å²) in [4.78, 5) is 10.9. The number of fused-ring (bicyclic) bond motifs is 1. The molecule has 2 bridgehead atoms. The monoisotopic (exact) mass is 206 g/mol. The van der Waals surface area contributed by atoms with Gasteiger partial charge in [0, 0.05) is 11.1 Å². The lowest BCUT2D eigenvalue weighted by Crippen LogP contribution is -2.19. The van der Waals surface area contributed by atoms with E-state index in [-0.39, 0.29) is 6.29 Å². The molecule has 0 aliphatic carbocycles. The molecule has 2 heterocycles. The maximum atomic E-state index is 10.9. The topological polar surface area (TPSA) is 55.8 Å². The van der Waals surface area contributed by atoms with Crippen LogP contribution in [0.1, 0.15) is 24.0 Å². The van der Waals surface area contributed by atoms with Crippen molar-refractivity contribution in [3.05, 3.63) is 23.3 Å². The van der Waals surface area contributed by atoms with Crippen LogP contribution in [0.5, 0.6) is 11.5 Å². The SMILES string of the molecule is CC(C(=O)O)c1ccc2c3c1OC(C2)O3. The van der Waals surface area contributed by atoms with E-state index in [1.165, 1.54) is 0 Å². The second-order valence-electron chi connectivity index (χ2n) is 3.90. The number of rotatable bonds is 2. The van der Waals surface area contributed by atoms with Crippen molar-refractivity contribution in [2.45, 2.75) is 25.6 Å². The van der Waals surface area contributed by atoms with Gasteiger partial charge < -0.3 is 14.6 Å². The summed E-state index contributed by atoms with van der Waals surface area (Å²) < 4.78 is 11.0. The van der Waals surface area contributed by atoms with Crippen molar-refractivity contribution in [2.24, 2.45) is 0 Å². The number of carboxylic acids is 1. The molecule has 4 nitrogen and oxygen atoms in total. The zero-order valence-electron chi connectivity index (χ0n) is 8.19. The Bertz CT molecular complexity index is 452. The van der Waals surface area contributed by atoms with E-state index in [4.69, 9.17) is 14.6 Å². The first-order chi connectivity index (χ1) is 7.16. The molecule has 2 atom stereocenters. The molecular formula is C11H10O4. The summed E-state index contributed by atoms with van der Waals surface area (Å²) in [5.41, 5.74) is 1.81. The van der Waals surface area contributed by atoms with Gasteiger partial charge in [-0.1, -0.05) is 12.1 Å². The van der Waals surface area contributed by atoms with Crippen LogP contribution in [-0.2, 0) is 11.2 Å². The maximum absolute atomic E-state index is 10.9. The molecule has 0 saturated heterocycles. The Morgan fingerprint density at radius 2 is 2.20 bits per heavy atom. The number of benzene rings is 1. The molecule has 0 fully saturated rings. The van der Waals surface area contributed by atoms with Crippen LogP contribution < -0.4 is 9.47 Å². The fourth-order valence-corrected chi connectivity index (χ4v) is 2.05. The molecule has 0 radical (unpaired) electrons. The molecule has 0 aromatic heterocycles. The lowest BCUT2D eigenvalue weighted by atomic mass is 9.96. The average molecular weight is 206 g/mol. The predicted molar refractivity (Wildman–Crippen MR) is 51.2 cm³/mol. The van der Waals surface area contributed by atoms with Crippen molar-refractivity contribution in [2.75, 3.05) is 0 Å². The van der Waals surface area contributed by atoms with Crippen LogP contribution in [0.4, 0.5) is 0 Å². The van der Waals surface area contributed by atoms with Gasteiger partial charge in [-0.3, -0.25) is 4.79 Å². The summed E-state index contributed by atoms with van der Waals surface area (Å²) in [5, 5.41) is 8.95. The third-order valence-electron chi connectivity index (χ3n) is 2.95. The van der Waals surface area contributed by atoms with E-state index in [2.05, 4.69) is 0 Å². The molecule has 2 unspecified atom stereocenters. The molecule has 4 heteroatoms. The first-order valence-corrected chi connectivity index (χ1v) is 4.88. The van der Waals surface area contributed by atoms with Gasteiger partial charge in [0.05, 0.1) is 12.3 Å². The van der Waals surface area contributed by atoms with Gasteiger partial charge in [0.2, 0.25) is 6.29 Å². The van der Waals surface area contributed by atoms with E-state index in [0.29, 0.717) is 11.3 Å². The highest BCUT2D eigenvalue weighted by Crippen LogP contribution is 2.48. The van der Waals surface area contributed by atoms with Gasteiger partial charge in [0.15, 0.2) is 11.5 Å². The van der Waals surface area contributed by atoms with Crippen LogP contribution in [0.15, 0.2) is 12.1 Å². The highest BCUT2D eigenvalue weighted by molar-refractivity contribution is 5.78. The second kappa shape index (κ2) is 2.66. The minimum atomic E-state index is -0.849.